The highest BCUT2D eigenvalue weighted by Crippen LogP contribution is 2.46. The molecule has 1 saturated heterocycles. The van der Waals surface area contributed by atoms with E-state index in [1.165, 1.54) is 28.0 Å². The average molecular weight is 720 g/mol. The number of imidazole rings is 1. The van der Waals surface area contributed by atoms with Crippen LogP contribution in [0.3, 0.4) is 0 Å². The standard InChI is InChI=1S/C39H37N5O5S2/c1-5-48-30-21-26(16-17-29(30)49-20-18-23(2)3)34-32(35(45)33-24(4)40-31-15-8-9-19-43(31)33)36(46)37(47)44(34)38-41-42-39(51-38)50-22-27-13-10-12-25-11-6-7-14-28(25)27/h6-17,19,21,23,34,45H,5,18,20,22H2,1-4H3/b35-32+. The first-order valence-electron chi connectivity index (χ1n) is 16.8. The Hall–Kier alpha value is -5.20. The molecule has 1 fully saturated rings. The number of anilines is 1. The van der Waals surface area contributed by atoms with E-state index in [1.807, 2.05) is 43.3 Å². The van der Waals surface area contributed by atoms with Gasteiger partial charge in [-0.1, -0.05) is 91.5 Å². The molecule has 3 aromatic carbocycles. The normalized spacial score (nSPS) is 15.8. The van der Waals surface area contributed by atoms with E-state index in [9.17, 15) is 14.7 Å². The third-order valence-corrected chi connectivity index (χ3v) is 10.8. The molecule has 0 aliphatic carbocycles. The molecule has 3 aromatic heterocycles. The smallest absolute Gasteiger partial charge is 0.301 e. The molecule has 6 aromatic rings. The van der Waals surface area contributed by atoms with E-state index in [0.717, 1.165) is 22.8 Å². The molecule has 1 unspecified atom stereocenters. The van der Waals surface area contributed by atoms with Gasteiger partial charge in [-0.05, 0) is 72.4 Å². The minimum Gasteiger partial charge on any atom is -0.505 e. The van der Waals surface area contributed by atoms with Crippen molar-refractivity contribution >= 4 is 62.1 Å². The molecule has 0 spiro atoms. The van der Waals surface area contributed by atoms with Crippen LogP contribution in [0, 0.1) is 12.8 Å². The number of carbonyl (C=O) groups excluding carboxylic acids is 2. The summed E-state index contributed by atoms with van der Waals surface area (Å²) < 4.78 is 14.4. The highest BCUT2D eigenvalue weighted by Gasteiger charge is 2.49. The number of rotatable bonds is 12. The maximum Gasteiger partial charge on any atom is 0.301 e. The number of fused-ring (bicyclic) bond motifs is 2. The molecule has 51 heavy (non-hydrogen) atoms. The molecule has 0 radical (unpaired) electrons. The van der Waals surface area contributed by atoms with Crippen molar-refractivity contribution in [2.75, 3.05) is 18.1 Å². The van der Waals surface area contributed by atoms with Gasteiger partial charge in [-0.3, -0.25) is 18.9 Å². The van der Waals surface area contributed by atoms with Crippen molar-refractivity contribution in [3.63, 3.8) is 0 Å². The van der Waals surface area contributed by atoms with E-state index < -0.39 is 17.7 Å². The highest BCUT2D eigenvalue weighted by atomic mass is 32.2. The lowest BCUT2D eigenvalue weighted by Crippen LogP contribution is -2.29. The molecule has 4 heterocycles. The summed E-state index contributed by atoms with van der Waals surface area (Å²) in [5.41, 5.74) is 3.05. The molecule has 1 aliphatic heterocycles. The maximum atomic E-state index is 14.0. The zero-order chi connectivity index (χ0) is 35.6. The summed E-state index contributed by atoms with van der Waals surface area (Å²) in [6, 6.07) is 24.2. The van der Waals surface area contributed by atoms with Crippen LogP contribution in [0.2, 0.25) is 0 Å². The average Bonchev–Trinajstić information content (AvgIpc) is 3.80. The summed E-state index contributed by atoms with van der Waals surface area (Å²) in [7, 11) is 0. The van der Waals surface area contributed by atoms with E-state index in [-0.39, 0.29) is 16.5 Å². The van der Waals surface area contributed by atoms with Gasteiger partial charge in [0.05, 0.1) is 30.5 Å². The molecule has 1 atom stereocenters. The van der Waals surface area contributed by atoms with Crippen LogP contribution in [0.5, 0.6) is 11.5 Å². The first-order chi connectivity index (χ1) is 24.7. The second kappa shape index (κ2) is 14.6. The number of carbonyl (C=O) groups is 2. The molecular formula is C39H37N5O5S2. The third-order valence-electron chi connectivity index (χ3n) is 8.74. The van der Waals surface area contributed by atoms with Crippen LogP contribution in [0.1, 0.15) is 55.7 Å². The van der Waals surface area contributed by atoms with Gasteiger partial charge in [0.2, 0.25) is 5.13 Å². The van der Waals surface area contributed by atoms with E-state index in [4.69, 9.17) is 9.47 Å². The Labute approximate surface area is 303 Å². The fraction of sp³-hybridized carbons (Fsp3) is 0.256. The van der Waals surface area contributed by atoms with Gasteiger partial charge in [0, 0.05) is 11.9 Å². The number of hydrogen-bond donors (Lipinski definition) is 1. The van der Waals surface area contributed by atoms with Crippen molar-refractivity contribution in [2.24, 2.45) is 5.92 Å². The third kappa shape index (κ3) is 6.68. The van der Waals surface area contributed by atoms with Gasteiger partial charge in [0.1, 0.15) is 11.3 Å². The van der Waals surface area contributed by atoms with E-state index in [0.29, 0.717) is 63.3 Å². The van der Waals surface area contributed by atoms with Crippen LogP contribution in [0.4, 0.5) is 5.13 Å². The molecule has 260 valence electrons. The summed E-state index contributed by atoms with van der Waals surface area (Å²) in [5.74, 6) is 0.148. The van der Waals surface area contributed by atoms with Gasteiger partial charge in [-0.2, -0.15) is 0 Å². The number of ketones is 1. The number of hydrogen-bond acceptors (Lipinski definition) is 10. The number of nitrogens with zero attached hydrogens (tertiary/aromatic N) is 5. The minimum atomic E-state index is -1.04. The summed E-state index contributed by atoms with van der Waals surface area (Å²) >= 11 is 2.73. The van der Waals surface area contributed by atoms with E-state index >= 15 is 0 Å². The predicted molar refractivity (Wildman–Crippen MR) is 201 cm³/mol. The van der Waals surface area contributed by atoms with Crippen LogP contribution in [0.25, 0.3) is 22.2 Å². The molecule has 1 amide bonds. The number of benzene rings is 3. The first kappa shape index (κ1) is 34.3. The van der Waals surface area contributed by atoms with Crippen LogP contribution >= 0.6 is 23.1 Å². The Balaban J connectivity index is 1.30. The second-order valence-corrected chi connectivity index (χ2v) is 14.8. The largest absolute Gasteiger partial charge is 0.505 e. The number of pyridine rings is 1. The van der Waals surface area contributed by atoms with Crippen LogP contribution < -0.4 is 14.4 Å². The topological polar surface area (TPSA) is 119 Å². The van der Waals surface area contributed by atoms with Crippen LogP contribution in [-0.4, -0.2) is 49.6 Å². The molecule has 1 N–H and O–H groups in total. The molecule has 12 heteroatoms. The molecule has 1 aliphatic rings. The van der Waals surface area contributed by atoms with Crippen molar-refractivity contribution < 1.29 is 24.2 Å². The predicted octanol–water partition coefficient (Wildman–Crippen LogP) is 8.39. The fourth-order valence-electron chi connectivity index (χ4n) is 6.27. The number of thioether (sulfide) groups is 1. The van der Waals surface area contributed by atoms with Crippen LogP contribution in [-0.2, 0) is 15.3 Å². The fourth-order valence-corrected chi connectivity index (χ4v) is 8.15. The summed E-state index contributed by atoms with van der Waals surface area (Å²) in [6.45, 7) is 8.78. The lowest BCUT2D eigenvalue weighted by molar-refractivity contribution is -0.132. The number of Topliss-reactive ketones (excluding diaryl/α,β-unsaturated/α-hetero) is 1. The van der Waals surface area contributed by atoms with Gasteiger partial charge in [0.25, 0.3) is 5.78 Å². The molecule has 0 bridgehead atoms. The number of aromatic nitrogens is 4. The van der Waals surface area contributed by atoms with Crippen molar-refractivity contribution in [1.29, 1.82) is 0 Å². The number of ether oxygens (including phenoxy) is 2. The SMILES string of the molecule is CCOc1cc(C2/C(=C(\O)c3c(C)nc4ccccn34)C(=O)C(=O)N2c2nnc(SCc3cccc4ccccc34)s2)ccc1OCCC(C)C. The van der Waals surface area contributed by atoms with Crippen molar-refractivity contribution in [3.05, 3.63) is 113 Å². The van der Waals surface area contributed by atoms with E-state index in [2.05, 4.69) is 53.3 Å². The first-order valence-corrected chi connectivity index (χ1v) is 18.6. The van der Waals surface area contributed by atoms with Gasteiger partial charge in [-0.15, -0.1) is 10.2 Å². The zero-order valence-electron chi connectivity index (χ0n) is 28.7. The Kier molecular flexibility index (Phi) is 9.79. The Morgan fingerprint density at radius 1 is 0.980 bits per heavy atom. The summed E-state index contributed by atoms with van der Waals surface area (Å²) in [5, 5.41) is 23.4. The Morgan fingerprint density at radius 2 is 1.78 bits per heavy atom. The lowest BCUT2D eigenvalue weighted by atomic mass is 9.96. The minimum absolute atomic E-state index is 0.0789. The van der Waals surface area contributed by atoms with Crippen molar-refractivity contribution in [1.82, 2.24) is 19.6 Å². The highest BCUT2D eigenvalue weighted by molar-refractivity contribution is 8.00. The number of aryl methyl sites for hydroxylation is 1. The van der Waals surface area contributed by atoms with Gasteiger partial charge in [0.15, 0.2) is 21.6 Å². The number of aliphatic hydroxyl groups excluding tert-OH is 1. The summed E-state index contributed by atoms with van der Waals surface area (Å²) in [4.78, 5) is 34.0. The van der Waals surface area contributed by atoms with Gasteiger partial charge < -0.3 is 14.6 Å². The number of aliphatic hydroxyl groups is 1. The zero-order valence-corrected chi connectivity index (χ0v) is 30.3. The van der Waals surface area contributed by atoms with Crippen LogP contribution in [0.15, 0.2) is 95.0 Å². The monoisotopic (exact) mass is 719 g/mol. The lowest BCUT2D eigenvalue weighted by Gasteiger charge is -2.24. The quantitative estimate of drug-likeness (QED) is 0.0437. The Bertz CT molecular complexity index is 2290. The van der Waals surface area contributed by atoms with Crippen molar-refractivity contribution in [3.8, 4) is 11.5 Å². The molecular weight excluding hydrogens is 683 g/mol. The molecule has 10 nitrogen and oxygen atoms in total. The molecule has 0 saturated carbocycles. The maximum absolute atomic E-state index is 14.0. The van der Waals surface area contributed by atoms with Gasteiger partial charge in [-0.25, -0.2) is 4.98 Å². The second-order valence-electron chi connectivity index (χ2n) is 12.6. The Morgan fingerprint density at radius 3 is 2.61 bits per heavy atom. The van der Waals surface area contributed by atoms with E-state index in [1.54, 1.807) is 35.7 Å². The summed E-state index contributed by atoms with van der Waals surface area (Å²) in [6.07, 6.45) is 2.63. The molecule has 7 rings (SSSR count). The van der Waals surface area contributed by atoms with Gasteiger partial charge >= 0.3 is 5.91 Å². The number of amides is 1. The van der Waals surface area contributed by atoms with Crippen molar-refractivity contribution in [2.45, 2.75) is 50.3 Å².